The lowest BCUT2D eigenvalue weighted by Gasteiger charge is -2.30. The van der Waals surface area contributed by atoms with Gasteiger partial charge in [0.1, 0.15) is 0 Å². The Morgan fingerprint density at radius 1 is 1.47 bits per heavy atom. The summed E-state index contributed by atoms with van der Waals surface area (Å²) < 4.78 is 0. The Bertz CT molecular complexity index is 203. The molecule has 0 aromatic rings. The Morgan fingerprint density at radius 3 is 2.47 bits per heavy atom. The second-order valence-corrected chi connectivity index (χ2v) is 5.38. The van der Waals surface area contributed by atoms with Crippen molar-refractivity contribution < 1.29 is 4.79 Å². The van der Waals surface area contributed by atoms with Crippen LogP contribution in [0.2, 0.25) is 0 Å². The number of carbonyl (C=O) groups excluding carboxylic acids is 1. The summed E-state index contributed by atoms with van der Waals surface area (Å²) in [7, 11) is 0. The van der Waals surface area contributed by atoms with Crippen LogP contribution in [-0.4, -0.2) is 29.5 Å². The van der Waals surface area contributed by atoms with Crippen molar-refractivity contribution >= 4 is 17.7 Å². The van der Waals surface area contributed by atoms with E-state index in [2.05, 4.69) is 11.6 Å². The molecule has 1 amide bonds. The predicted octanol–water partition coefficient (Wildman–Crippen LogP) is 1.51. The summed E-state index contributed by atoms with van der Waals surface area (Å²) in [5, 5.41) is 4.18. The highest BCUT2D eigenvalue weighted by molar-refractivity contribution is 7.99. The minimum atomic E-state index is -0.218. The van der Waals surface area contributed by atoms with E-state index in [-0.39, 0.29) is 11.9 Å². The van der Waals surface area contributed by atoms with Gasteiger partial charge in [0.15, 0.2) is 0 Å². The van der Waals surface area contributed by atoms with Gasteiger partial charge in [-0.3, -0.25) is 4.79 Å². The smallest absolute Gasteiger partial charge is 0.234 e. The number of hydrogen-bond donors (Lipinski definition) is 2. The molecule has 0 heterocycles. The van der Waals surface area contributed by atoms with Crippen LogP contribution in [0.1, 0.15) is 39.0 Å². The fourth-order valence-corrected chi connectivity index (χ4v) is 2.89. The van der Waals surface area contributed by atoms with Crippen LogP contribution in [0.15, 0.2) is 0 Å². The Kier molecular flexibility index (Phi) is 5.47. The van der Waals surface area contributed by atoms with Gasteiger partial charge in [0.25, 0.3) is 0 Å². The second-order valence-electron chi connectivity index (χ2n) is 4.24. The third-order valence-corrected chi connectivity index (χ3v) is 4.33. The van der Waals surface area contributed by atoms with Crippen LogP contribution >= 0.6 is 11.8 Å². The van der Waals surface area contributed by atoms with Crippen molar-refractivity contribution in [3.05, 3.63) is 0 Å². The van der Waals surface area contributed by atoms with Crippen molar-refractivity contribution in [1.29, 1.82) is 0 Å². The first-order valence-electron chi connectivity index (χ1n) is 5.75. The third kappa shape index (κ3) is 4.03. The molecule has 3 N–H and O–H groups in total. The molecule has 1 rings (SSSR count). The van der Waals surface area contributed by atoms with Gasteiger partial charge in [-0.15, -0.1) is 0 Å². The number of rotatable bonds is 5. The number of primary amides is 1. The largest absolute Gasteiger partial charge is 0.368 e. The zero-order valence-electron chi connectivity index (χ0n) is 9.66. The summed E-state index contributed by atoms with van der Waals surface area (Å²) in [6.45, 7) is 2.00. The molecule has 1 saturated carbocycles. The molecule has 0 aliphatic heterocycles. The van der Waals surface area contributed by atoms with E-state index in [1.54, 1.807) is 0 Å². The van der Waals surface area contributed by atoms with E-state index >= 15 is 0 Å². The second kappa shape index (κ2) is 6.38. The zero-order valence-corrected chi connectivity index (χ0v) is 10.5. The van der Waals surface area contributed by atoms with Crippen molar-refractivity contribution in [3.63, 3.8) is 0 Å². The molecule has 15 heavy (non-hydrogen) atoms. The van der Waals surface area contributed by atoms with Crippen molar-refractivity contribution in [3.8, 4) is 0 Å². The number of amides is 1. The molecule has 0 saturated heterocycles. The summed E-state index contributed by atoms with van der Waals surface area (Å²) in [5.74, 6) is -0.218. The molecule has 1 fully saturated rings. The van der Waals surface area contributed by atoms with Crippen molar-refractivity contribution in [2.75, 3.05) is 6.26 Å². The molecule has 1 aliphatic rings. The highest BCUT2D eigenvalue weighted by atomic mass is 32.2. The topological polar surface area (TPSA) is 55.1 Å². The van der Waals surface area contributed by atoms with Crippen LogP contribution in [0.5, 0.6) is 0 Å². The first-order valence-corrected chi connectivity index (χ1v) is 7.04. The van der Waals surface area contributed by atoms with Gasteiger partial charge < -0.3 is 11.1 Å². The lowest BCUT2D eigenvalue weighted by Crippen LogP contribution is -2.47. The van der Waals surface area contributed by atoms with E-state index in [1.807, 2.05) is 18.7 Å². The third-order valence-electron chi connectivity index (χ3n) is 3.20. The van der Waals surface area contributed by atoms with Gasteiger partial charge in [-0.05, 0) is 38.4 Å². The van der Waals surface area contributed by atoms with E-state index in [0.717, 1.165) is 11.7 Å². The first-order chi connectivity index (χ1) is 7.17. The monoisotopic (exact) mass is 230 g/mol. The molecule has 3 nitrogen and oxygen atoms in total. The molecule has 0 aromatic carbocycles. The maximum atomic E-state index is 11.1. The fourth-order valence-electron chi connectivity index (χ4n) is 2.15. The molecule has 0 bridgehead atoms. The summed E-state index contributed by atoms with van der Waals surface area (Å²) in [6, 6.07) is 0.353. The molecule has 4 heteroatoms. The van der Waals surface area contributed by atoms with Crippen LogP contribution < -0.4 is 11.1 Å². The van der Waals surface area contributed by atoms with Gasteiger partial charge in [0.2, 0.25) is 5.91 Å². The summed E-state index contributed by atoms with van der Waals surface area (Å²) in [6.07, 6.45) is 7.83. The average Bonchev–Trinajstić information content (AvgIpc) is 2.26. The Balaban J connectivity index is 2.31. The standard InChI is InChI=1S/C11H22N2OS/c1-3-10(11(12)14)13-8-4-6-9(15-2)7-5-8/h8-10,13H,3-7H2,1-2H3,(H2,12,14). The van der Waals surface area contributed by atoms with Crippen LogP contribution in [0.3, 0.4) is 0 Å². The molecule has 88 valence electrons. The quantitative estimate of drug-likeness (QED) is 0.753. The van der Waals surface area contributed by atoms with Crippen LogP contribution in [0.4, 0.5) is 0 Å². The van der Waals surface area contributed by atoms with Crippen LogP contribution in [0, 0.1) is 0 Å². The minimum absolute atomic E-state index is 0.138. The van der Waals surface area contributed by atoms with Gasteiger partial charge >= 0.3 is 0 Å². The van der Waals surface area contributed by atoms with Gasteiger partial charge in [-0.2, -0.15) is 11.8 Å². The van der Waals surface area contributed by atoms with Gasteiger partial charge in [-0.25, -0.2) is 0 Å². The van der Waals surface area contributed by atoms with Crippen molar-refractivity contribution in [2.45, 2.75) is 56.4 Å². The molecule has 1 atom stereocenters. The summed E-state index contributed by atoms with van der Waals surface area (Å²) >= 11 is 1.96. The Labute approximate surface area is 96.6 Å². The molecular formula is C11H22N2OS. The number of thioether (sulfide) groups is 1. The summed E-state index contributed by atoms with van der Waals surface area (Å²) in [5.41, 5.74) is 5.31. The zero-order chi connectivity index (χ0) is 11.3. The first kappa shape index (κ1) is 12.8. The maximum Gasteiger partial charge on any atom is 0.234 e. The van der Waals surface area contributed by atoms with E-state index in [0.29, 0.717) is 6.04 Å². The predicted molar refractivity (Wildman–Crippen MR) is 66.0 cm³/mol. The van der Waals surface area contributed by atoms with Crippen LogP contribution in [0.25, 0.3) is 0 Å². The molecule has 0 aromatic heterocycles. The molecule has 0 radical (unpaired) electrons. The Morgan fingerprint density at radius 2 is 2.07 bits per heavy atom. The number of hydrogen-bond acceptors (Lipinski definition) is 3. The fraction of sp³-hybridized carbons (Fsp3) is 0.909. The normalized spacial score (nSPS) is 28.7. The van der Waals surface area contributed by atoms with E-state index in [4.69, 9.17) is 5.73 Å². The van der Waals surface area contributed by atoms with E-state index < -0.39 is 0 Å². The SMILES string of the molecule is CCC(NC1CCC(SC)CC1)C(N)=O. The van der Waals surface area contributed by atoms with E-state index in [1.165, 1.54) is 25.7 Å². The molecule has 0 spiro atoms. The molecule has 1 unspecified atom stereocenters. The molecule has 1 aliphatic carbocycles. The van der Waals surface area contributed by atoms with Gasteiger partial charge in [-0.1, -0.05) is 6.92 Å². The number of nitrogens with two attached hydrogens (primary N) is 1. The van der Waals surface area contributed by atoms with Crippen LogP contribution in [-0.2, 0) is 4.79 Å². The minimum Gasteiger partial charge on any atom is -0.368 e. The lowest BCUT2D eigenvalue weighted by atomic mass is 9.94. The lowest BCUT2D eigenvalue weighted by molar-refractivity contribution is -0.120. The molecular weight excluding hydrogens is 208 g/mol. The number of nitrogens with one attached hydrogen (secondary N) is 1. The summed E-state index contributed by atoms with van der Waals surface area (Å²) in [4.78, 5) is 11.1. The van der Waals surface area contributed by atoms with Gasteiger partial charge in [0, 0.05) is 11.3 Å². The van der Waals surface area contributed by atoms with Gasteiger partial charge in [0.05, 0.1) is 6.04 Å². The average molecular weight is 230 g/mol. The highest BCUT2D eigenvalue weighted by Crippen LogP contribution is 2.27. The van der Waals surface area contributed by atoms with E-state index in [9.17, 15) is 4.79 Å². The van der Waals surface area contributed by atoms with Crippen molar-refractivity contribution in [2.24, 2.45) is 5.73 Å². The maximum absolute atomic E-state index is 11.1. The highest BCUT2D eigenvalue weighted by Gasteiger charge is 2.23. The van der Waals surface area contributed by atoms with Crippen molar-refractivity contribution in [1.82, 2.24) is 5.32 Å². The number of carbonyl (C=O) groups is 1. The Hall–Kier alpha value is -0.220.